The fourth-order valence-electron chi connectivity index (χ4n) is 1.97. The summed E-state index contributed by atoms with van der Waals surface area (Å²) in [6, 6.07) is 11.4. The van der Waals surface area contributed by atoms with Crippen molar-refractivity contribution in [3.8, 4) is 5.75 Å². The van der Waals surface area contributed by atoms with E-state index in [-0.39, 0.29) is 22.2 Å². The molecule has 0 radical (unpaired) electrons. The topological polar surface area (TPSA) is 72.0 Å². The number of nitrogens with zero attached hydrogens (tertiary/aromatic N) is 3. The number of aromatic nitrogens is 3. The average molecular weight is 380 g/mol. The zero-order valence-corrected chi connectivity index (χ0v) is 14.4. The summed E-state index contributed by atoms with van der Waals surface area (Å²) < 4.78 is 18.3. The molecule has 0 amide bonds. The van der Waals surface area contributed by atoms with Gasteiger partial charge in [0.05, 0.1) is 12.1 Å². The molecular weight excluding hydrogens is 368 g/mol. The van der Waals surface area contributed by atoms with Gasteiger partial charge in [0.15, 0.2) is 0 Å². The van der Waals surface area contributed by atoms with Crippen LogP contribution in [0.15, 0.2) is 42.5 Å². The maximum Gasteiger partial charge on any atom is 0.233 e. The fourth-order valence-corrected chi connectivity index (χ4v) is 2.31. The second-order valence-electron chi connectivity index (χ2n) is 4.86. The van der Waals surface area contributed by atoms with Gasteiger partial charge in [0.25, 0.3) is 0 Å². The summed E-state index contributed by atoms with van der Waals surface area (Å²) in [4.78, 5) is 12.2. The van der Waals surface area contributed by atoms with Gasteiger partial charge in [0, 0.05) is 11.4 Å². The number of rotatable bonds is 5. The molecule has 0 saturated heterocycles. The molecule has 3 aromatic rings. The number of hydrogen-bond acceptors (Lipinski definition) is 6. The molecule has 2 N–H and O–H groups in total. The van der Waals surface area contributed by atoms with E-state index < -0.39 is 5.82 Å². The Hall–Kier alpha value is -2.64. The summed E-state index contributed by atoms with van der Waals surface area (Å²) >= 11 is 11.7. The van der Waals surface area contributed by atoms with Crippen LogP contribution in [0.2, 0.25) is 10.3 Å². The van der Waals surface area contributed by atoms with Crippen LogP contribution in [0.3, 0.4) is 0 Å². The third kappa shape index (κ3) is 4.46. The van der Waals surface area contributed by atoms with E-state index in [1.165, 1.54) is 18.2 Å². The van der Waals surface area contributed by atoms with Gasteiger partial charge in [-0.25, -0.2) is 4.39 Å². The lowest BCUT2D eigenvalue weighted by Crippen LogP contribution is -2.04. The van der Waals surface area contributed by atoms with E-state index >= 15 is 0 Å². The Kier molecular flexibility index (Phi) is 5.16. The van der Waals surface area contributed by atoms with Crippen molar-refractivity contribution in [3.63, 3.8) is 0 Å². The number of methoxy groups -OCH3 is 1. The summed E-state index contributed by atoms with van der Waals surface area (Å²) in [7, 11) is 1.59. The van der Waals surface area contributed by atoms with Gasteiger partial charge in [-0.1, -0.05) is 11.6 Å². The third-order valence-corrected chi connectivity index (χ3v) is 3.59. The molecule has 0 unspecified atom stereocenters. The molecule has 1 aromatic heterocycles. The van der Waals surface area contributed by atoms with E-state index in [4.69, 9.17) is 27.9 Å². The molecule has 128 valence electrons. The predicted octanol–water partition coefficient (Wildman–Crippen LogP) is 4.81. The Morgan fingerprint density at radius 1 is 0.880 bits per heavy atom. The van der Waals surface area contributed by atoms with Crippen LogP contribution in [0.4, 0.5) is 27.7 Å². The monoisotopic (exact) mass is 379 g/mol. The first-order chi connectivity index (χ1) is 12.0. The van der Waals surface area contributed by atoms with Crippen molar-refractivity contribution in [2.75, 3.05) is 17.7 Å². The van der Waals surface area contributed by atoms with Gasteiger partial charge >= 0.3 is 0 Å². The third-order valence-electron chi connectivity index (χ3n) is 3.13. The number of hydrogen-bond donors (Lipinski definition) is 2. The maximum absolute atomic E-state index is 13.2. The molecule has 0 saturated carbocycles. The van der Waals surface area contributed by atoms with Gasteiger partial charge in [-0.05, 0) is 54.1 Å². The number of anilines is 4. The van der Waals surface area contributed by atoms with Crippen LogP contribution in [0, 0.1) is 5.82 Å². The minimum atomic E-state index is -0.511. The Labute approximate surface area is 153 Å². The second kappa shape index (κ2) is 7.50. The second-order valence-corrected chi connectivity index (χ2v) is 5.60. The number of halogens is 3. The molecule has 1 heterocycles. The molecule has 9 heteroatoms. The van der Waals surface area contributed by atoms with Gasteiger partial charge in [0.2, 0.25) is 17.2 Å². The van der Waals surface area contributed by atoms with Crippen LogP contribution in [0.25, 0.3) is 0 Å². The van der Waals surface area contributed by atoms with Crippen LogP contribution in [-0.4, -0.2) is 22.1 Å². The summed E-state index contributed by atoms with van der Waals surface area (Å²) in [6.45, 7) is 0. The number of nitrogens with one attached hydrogen (secondary N) is 2. The molecule has 6 nitrogen and oxygen atoms in total. The van der Waals surface area contributed by atoms with Gasteiger partial charge in [0.1, 0.15) is 11.6 Å². The first-order valence-electron chi connectivity index (χ1n) is 7.08. The van der Waals surface area contributed by atoms with Crippen LogP contribution in [0.1, 0.15) is 0 Å². The Bertz CT molecular complexity index is 892. The molecular formula is C16H12Cl2FN5O. The smallest absolute Gasteiger partial charge is 0.233 e. The van der Waals surface area contributed by atoms with Crippen molar-refractivity contribution < 1.29 is 9.13 Å². The highest BCUT2D eigenvalue weighted by molar-refractivity contribution is 6.31. The lowest BCUT2D eigenvalue weighted by molar-refractivity contribution is 0.415. The summed E-state index contributed by atoms with van der Waals surface area (Å²) in [5.74, 6) is 0.664. The Morgan fingerprint density at radius 3 is 2.08 bits per heavy atom. The minimum absolute atomic E-state index is 0.00159. The average Bonchev–Trinajstić information content (AvgIpc) is 2.58. The van der Waals surface area contributed by atoms with E-state index in [1.54, 1.807) is 19.2 Å². The molecule has 0 atom stereocenters. The Morgan fingerprint density at radius 2 is 1.48 bits per heavy atom. The fraction of sp³-hybridized carbons (Fsp3) is 0.0625. The predicted molar refractivity (Wildman–Crippen MR) is 95.8 cm³/mol. The maximum atomic E-state index is 13.2. The summed E-state index contributed by atoms with van der Waals surface area (Å²) in [5, 5.41) is 5.90. The Balaban J connectivity index is 1.80. The van der Waals surface area contributed by atoms with E-state index in [2.05, 4.69) is 25.6 Å². The molecule has 0 spiro atoms. The number of ether oxygens (including phenoxy) is 1. The first kappa shape index (κ1) is 17.2. The normalized spacial score (nSPS) is 10.4. The standard InChI is InChI=1S/C16H12Cl2FN5O/c1-25-11-5-2-9(3-6-11)20-15-22-14(18)23-16(24-15)21-10-4-7-13(19)12(17)8-10/h2-8H,1H3,(H2,20,21,22,23,24). The molecule has 2 aromatic carbocycles. The van der Waals surface area contributed by atoms with E-state index in [9.17, 15) is 4.39 Å². The highest BCUT2D eigenvalue weighted by atomic mass is 35.5. The van der Waals surface area contributed by atoms with Gasteiger partial charge < -0.3 is 15.4 Å². The zero-order chi connectivity index (χ0) is 17.8. The zero-order valence-electron chi connectivity index (χ0n) is 12.9. The largest absolute Gasteiger partial charge is 0.497 e. The van der Waals surface area contributed by atoms with Crippen LogP contribution in [-0.2, 0) is 0 Å². The molecule has 3 rings (SSSR count). The van der Waals surface area contributed by atoms with Crippen LogP contribution < -0.4 is 15.4 Å². The summed E-state index contributed by atoms with van der Waals surface area (Å²) in [6.07, 6.45) is 0. The van der Waals surface area contributed by atoms with Crippen molar-refractivity contribution >= 4 is 46.5 Å². The minimum Gasteiger partial charge on any atom is -0.497 e. The highest BCUT2D eigenvalue weighted by Gasteiger charge is 2.08. The molecule has 0 aliphatic carbocycles. The van der Waals surface area contributed by atoms with Gasteiger partial charge in [-0.15, -0.1) is 0 Å². The molecule has 25 heavy (non-hydrogen) atoms. The molecule has 0 fully saturated rings. The quantitative estimate of drug-likeness (QED) is 0.662. The van der Waals surface area contributed by atoms with Crippen molar-refractivity contribution in [1.82, 2.24) is 15.0 Å². The molecule has 0 aliphatic rings. The lowest BCUT2D eigenvalue weighted by atomic mass is 10.3. The molecule has 0 aliphatic heterocycles. The first-order valence-corrected chi connectivity index (χ1v) is 7.84. The van der Waals surface area contributed by atoms with Gasteiger partial charge in [-0.3, -0.25) is 0 Å². The lowest BCUT2D eigenvalue weighted by Gasteiger charge is -2.09. The van der Waals surface area contributed by atoms with Crippen LogP contribution >= 0.6 is 23.2 Å². The van der Waals surface area contributed by atoms with Crippen LogP contribution in [0.5, 0.6) is 5.75 Å². The van der Waals surface area contributed by atoms with E-state index in [0.29, 0.717) is 5.69 Å². The van der Waals surface area contributed by atoms with Crippen molar-refractivity contribution in [2.45, 2.75) is 0 Å². The highest BCUT2D eigenvalue weighted by Crippen LogP contribution is 2.23. The van der Waals surface area contributed by atoms with E-state index in [0.717, 1.165) is 11.4 Å². The van der Waals surface area contributed by atoms with E-state index in [1.807, 2.05) is 12.1 Å². The number of benzene rings is 2. The van der Waals surface area contributed by atoms with Crippen molar-refractivity contribution in [3.05, 3.63) is 58.6 Å². The summed E-state index contributed by atoms with van der Waals surface area (Å²) in [5.41, 5.74) is 1.27. The molecule has 0 bridgehead atoms. The van der Waals surface area contributed by atoms with Crippen molar-refractivity contribution in [2.24, 2.45) is 0 Å². The van der Waals surface area contributed by atoms with Crippen molar-refractivity contribution in [1.29, 1.82) is 0 Å². The van der Waals surface area contributed by atoms with Gasteiger partial charge in [-0.2, -0.15) is 15.0 Å². The SMILES string of the molecule is COc1ccc(Nc2nc(Cl)nc(Nc3ccc(F)c(Cl)c3)n2)cc1.